The van der Waals surface area contributed by atoms with Crippen molar-refractivity contribution in [1.29, 1.82) is 0 Å². The van der Waals surface area contributed by atoms with Gasteiger partial charge in [-0.05, 0) is 19.4 Å². The van der Waals surface area contributed by atoms with Crippen molar-refractivity contribution < 1.29 is 18.7 Å². The van der Waals surface area contributed by atoms with Crippen molar-refractivity contribution in [3.63, 3.8) is 0 Å². The van der Waals surface area contributed by atoms with Gasteiger partial charge in [0.05, 0.1) is 0 Å². The van der Waals surface area contributed by atoms with E-state index in [-0.39, 0.29) is 5.73 Å². The highest BCUT2D eigenvalue weighted by atomic mass is 28.4. The third-order valence-electron chi connectivity index (χ3n) is 2.51. The first-order valence-electron chi connectivity index (χ1n) is 5.00. The maximum atomic E-state index is 9.37. The summed E-state index contributed by atoms with van der Waals surface area (Å²) in [6, 6.07) is 0.803. The molecule has 0 amide bonds. The van der Waals surface area contributed by atoms with Crippen LogP contribution in [0.5, 0.6) is 0 Å². The Bertz CT molecular complexity index is 141. The molecule has 0 aliphatic carbocycles. The second kappa shape index (κ2) is 6.52. The maximum absolute atomic E-state index is 9.37. The summed E-state index contributed by atoms with van der Waals surface area (Å²) in [4.78, 5) is 0. The van der Waals surface area contributed by atoms with Crippen LogP contribution in [0.1, 0.15) is 27.2 Å². The van der Waals surface area contributed by atoms with Crippen molar-refractivity contribution in [1.82, 2.24) is 0 Å². The van der Waals surface area contributed by atoms with Crippen molar-refractivity contribution in [3.8, 4) is 0 Å². The molecule has 2 unspecified atom stereocenters. The number of hydrogen-bond donors (Lipinski definition) is 1. The molecule has 0 saturated carbocycles. The van der Waals surface area contributed by atoms with E-state index in [4.69, 9.17) is 13.6 Å². The van der Waals surface area contributed by atoms with Crippen LogP contribution in [0.4, 0.5) is 0 Å². The zero-order valence-corrected chi connectivity index (χ0v) is 10.7. The third kappa shape index (κ3) is 3.32. The van der Waals surface area contributed by atoms with Gasteiger partial charge in [0, 0.05) is 14.2 Å². The number of rotatable bonds is 7. The Morgan fingerprint density at radius 3 is 2.00 bits per heavy atom. The van der Waals surface area contributed by atoms with E-state index in [2.05, 4.69) is 0 Å². The summed E-state index contributed by atoms with van der Waals surface area (Å²) in [7, 11) is 0.991. The van der Waals surface area contributed by atoms with E-state index in [9.17, 15) is 5.11 Å². The Morgan fingerprint density at radius 1 is 1.21 bits per heavy atom. The van der Waals surface area contributed by atoms with Crippen LogP contribution in [0.25, 0.3) is 0 Å². The molecule has 0 radical (unpaired) electrons. The Labute approximate surface area is 87.4 Å². The molecule has 5 heteroatoms. The van der Waals surface area contributed by atoms with Gasteiger partial charge in [0.1, 0.15) is 5.73 Å². The van der Waals surface area contributed by atoms with Crippen molar-refractivity contribution >= 4 is 8.56 Å². The Hall–Kier alpha value is 0.0569. The molecule has 0 aliphatic heterocycles. The van der Waals surface area contributed by atoms with Crippen LogP contribution in [0.15, 0.2) is 0 Å². The molecule has 14 heavy (non-hydrogen) atoms. The van der Waals surface area contributed by atoms with Gasteiger partial charge in [0.25, 0.3) is 0 Å². The fraction of sp³-hybridized carbons (Fsp3) is 1.00. The minimum absolute atomic E-state index is 0.169. The molecule has 0 spiro atoms. The summed E-state index contributed by atoms with van der Waals surface area (Å²) in [6.45, 7) is 5.77. The van der Waals surface area contributed by atoms with Crippen molar-refractivity contribution in [2.75, 3.05) is 14.2 Å². The summed E-state index contributed by atoms with van der Waals surface area (Å²) in [5, 5.41) is 9.37. The third-order valence-corrected chi connectivity index (χ3v) is 6.26. The smallest absolute Gasteiger partial charge is 0.367 e. The van der Waals surface area contributed by atoms with E-state index < -0.39 is 14.9 Å². The molecule has 0 aliphatic rings. The van der Waals surface area contributed by atoms with Gasteiger partial charge >= 0.3 is 8.56 Å². The van der Waals surface area contributed by atoms with E-state index in [1.54, 1.807) is 14.2 Å². The van der Waals surface area contributed by atoms with E-state index in [0.717, 1.165) is 6.04 Å². The fourth-order valence-electron chi connectivity index (χ4n) is 1.43. The summed E-state index contributed by atoms with van der Waals surface area (Å²) in [6.07, 6.45) is -0.153. The Balaban J connectivity index is 4.35. The van der Waals surface area contributed by atoms with Crippen molar-refractivity contribution in [2.24, 2.45) is 0 Å². The normalized spacial score (nSPS) is 16.7. The molecule has 0 aromatic heterocycles. The molecular weight excluding hydrogens is 200 g/mol. The van der Waals surface area contributed by atoms with Crippen LogP contribution >= 0.6 is 0 Å². The highest BCUT2D eigenvalue weighted by Gasteiger charge is 2.42. The van der Waals surface area contributed by atoms with Crippen LogP contribution in [-0.4, -0.2) is 39.9 Å². The topological polar surface area (TPSA) is 47.9 Å². The number of hydrogen-bond acceptors (Lipinski definition) is 4. The average Bonchev–Trinajstić information content (AvgIpc) is 2.21. The number of aliphatic hydroxyl groups is 1. The second-order valence-corrected chi connectivity index (χ2v) is 7.18. The molecule has 86 valence electrons. The molecule has 2 atom stereocenters. The quantitative estimate of drug-likeness (QED) is 0.523. The Morgan fingerprint density at radius 2 is 1.71 bits per heavy atom. The lowest BCUT2D eigenvalue weighted by atomic mass is 10.5. The first-order valence-corrected chi connectivity index (χ1v) is 7.10. The summed E-state index contributed by atoms with van der Waals surface area (Å²) in [5.74, 6) is 0. The minimum atomic E-state index is -2.28. The molecule has 1 N–H and O–H groups in total. The van der Waals surface area contributed by atoms with E-state index in [1.807, 2.05) is 20.8 Å². The van der Waals surface area contributed by atoms with E-state index in [1.165, 1.54) is 0 Å². The summed E-state index contributed by atoms with van der Waals surface area (Å²) >= 11 is 0. The largest absolute Gasteiger partial charge is 0.396 e. The van der Waals surface area contributed by atoms with E-state index >= 15 is 0 Å². The molecule has 4 nitrogen and oxygen atoms in total. The highest BCUT2D eigenvalue weighted by Crippen LogP contribution is 2.19. The number of aliphatic hydroxyl groups excluding tert-OH is 1. The molecule has 0 aromatic rings. The van der Waals surface area contributed by atoms with Gasteiger partial charge in [0.15, 0.2) is 6.29 Å². The van der Waals surface area contributed by atoms with Gasteiger partial charge in [-0.3, -0.25) is 0 Å². The maximum Gasteiger partial charge on any atom is 0.367 e. The van der Waals surface area contributed by atoms with Gasteiger partial charge in [-0.2, -0.15) is 0 Å². The van der Waals surface area contributed by atoms with E-state index in [0.29, 0.717) is 6.42 Å². The average molecular weight is 222 g/mol. The van der Waals surface area contributed by atoms with Crippen LogP contribution in [0.3, 0.4) is 0 Å². The zero-order chi connectivity index (χ0) is 11.2. The van der Waals surface area contributed by atoms with Crippen molar-refractivity contribution in [2.45, 2.75) is 45.3 Å². The molecule has 0 fully saturated rings. The molecule has 0 heterocycles. The monoisotopic (exact) mass is 222 g/mol. The van der Waals surface area contributed by atoms with Gasteiger partial charge in [-0.25, -0.2) is 0 Å². The lowest BCUT2D eigenvalue weighted by Gasteiger charge is -2.32. The predicted molar refractivity (Wildman–Crippen MR) is 57.1 cm³/mol. The SMILES string of the molecule is CCC(O)OC(C)[Si](CC)(OC)OC. The summed E-state index contributed by atoms with van der Waals surface area (Å²) < 4.78 is 16.3. The molecule has 0 bridgehead atoms. The van der Waals surface area contributed by atoms with Gasteiger partial charge in [-0.1, -0.05) is 13.8 Å². The standard InChI is InChI=1S/C9H22O4Si/c1-6-9(10)13-8(3)14(7-2,11-4)12-5/h8-10H,6-7H2,1-5H3. The first-order chi connectivity index (χ1) is 6.56. The molecular formula is C9H22O4Si. The van der Waals surface area contributed by atoms with Crippen molar-refractivity contribution in [3.05, 3.63) is 0 Å². The first kappa shape index (κ1) is 14.1. The van der Waals surface area contributed by atoms with Crippen LogP contribution < -0.4 is 0 Å². The fourth-order valence-corrected chi connectivity index (χ4v) is 3.77. The van der Waals surface area contributed by atoms with Crippen LogP contribution in [0, 0.1) is 0 Å². The summed E-state index contributed by atoms with van der Waals surface area (Å²) in [5.41, 5.74) is -0.169. The molecule has 0 rings (SSSR count). The Kier molecular flexibility index (Phi) is 6.55. The van der Waals surface area contributed by atoms with Crippen LogP contribution in [-0.2, 0) is 13.6 Å². The lowest BCUT2D eigenvalue weighted by molar-refractivity contribution is -0.120. The predicted octanol–water partition coefficient (Wildman–Crippen LogP) is 1.41. The second-order valence-electron chi connectivity index (χ2n) is 3.21. The van der Waals surface area contributed by atoms with Crippen LogP contribution in [0.2, 0.25) is 6.04 Å². The molecule has 0 aromatic carbocycles. The molecule has 0 saturated heterocycles. The zero-order valence-electron chi connectivity index (χ0n) is 9.74. The highest BCUT2D eigenvalue weighted by molar-refractivity contribution is 6.68. The minimum Gasteiger partial charge on any atom is -0.396 e. The lowest BCUT2D eigenvalue weighted by Crippen LogP contribution is -2.52. The van der Waals surface area contributed by atoms with Gasteiger partial charge in [-0.15, -0.1) is 0 Å². The number of ether oxygens (including phenoxy) is 1. The van der Waals surface area contributed by atoms with Gasteiger partial charge in [0.2, 0.25) is 0 Å². The van der Waals surface area contributed by atoms with Gasteiger partial charge < -0.3 is 18.7 Å².